The van der Waals surface area contributed by atoms with E-state index in [1.807, 2.05) is 61.5 Å². The monoisotopic (exact) mass is 495 g/mol. The zero-order chi connectivity index (χ0) is 24.6. The van der Waals surface area contributed by atoms with Crippen molar-refractivity contribution in [2.45, 2.75) is 44.3 Å². The van der Waals surface area contributed by atoms with Crippen molar-refractivity contribution in [2.75, 3.05) is 36.5 Å². The third-order valence-electron chi connectivity index (χ3n) is 5.56. The van der Waals surface area contributed by atoms with Crippen LogP contribution in [-0.2, 0) is 22.7 Å². The molecule has 8 nitrogen and oxygen atoms in total. The summed E-state index contributed by atoms with van der Waals surface area (Å²) in [7, 11) is 0. The van der Waals surface area contributed by atoms with Crippen LogP contribution in [0.25, 0.3) is 0 Å². The smallest absolute Gasteiger partial charge is 0.237 e. The Bertz CT molecular complexity index is 1080. The molecule has 186 valence electrons. The van der Waals surface area contributed by atoms with Crippen molar-refractivity contribution in [2.24, 2.45) is 5.92 Å². The lowest BCUT2D eigenvalue weighted by molar-refractivity contribution is -0.115. The van der Waals surface area contributed by atoms with E-state index >= 15 is 0 Å². The van der Waals surface area contributed by atoms with Gasteiger partial charge < -0.3 is 19.7 Å². The number of nitrogens with zero attached hydrogens (tertiary/aromatic N) is 4. The number of carbonyl (C=O) groups is 1. The molecule has 4 rings (SSSR count). The molecule has 1 atom stereocenters. The summed E-state index contributed by atoms with van der Waals surface area (Å²) in [5.74, 6) is 1.95. The molecule has 1 aliphatic rings. The second-order valence-corrected chi connectivity index (χ2v) is 10.2. The van der Waals surface area contributed by atoms with Gasteiger partial charge in [0.25, 0.3) is 0 Å². The zero-order valence-corrected chi connectivity index (χ0v) is 21.3. The molecular formula is C26H33N5O3S. The van der Waals surface area contributed by atoms with Crippen LogP contribution in [0.4, 0.5) is 11.6 Å². The molecule has 0 aliphatic carbocycles. The molecular weight excluding hydrogens is 462 g/mol. The third-order valence-corrected chi connectivity index (χ3v) is 6.64. The van der Waals surface area contributed by atoms with Gasteiger partial charge in [-0.05, 0) is 42.7 Å². The first-order valence-corrected chi connectivity index (χ1v) is 12.9. The van der Waals surface area contributed by atoms with Gasteiger partial charge in [0.2, 0.25) is 11.9 Å². The van der Waals surface area contributed by atoms with Crippen LogP contribution in [0.5, 0.6) is 5.75 Å². The Hall–Kier alpha value is -3.04. The molecule has 0 spiro atoms. The predicted molar refractivity (Wildman–Crippen MR) is 139 cm³/mol. The molecule has 1 unspecified atom stereocenters. The maximum Gasteiger partial charge on any atom is 0.237 e. The van der Waals surface area contributed by atoms with Crippen molar-refractivity contribution >= 4 is 29.3 Å². The first kappa shape index (κ1) is 25.1. The second-order valence-electron chi connectivity index (χ2n) is 8.93. The quantitative estimate of drug-likeness (QED) is 0.416. The number of thioether (sulfide) groups is 1. The Morgan fingerprint density at radius 2 is 1.77 bits per heavy atom. The Balaban J connectivity index is 1.35. The number of rotatable bonds is 10. The number of morpholine rings is 1. The summed E-state index contributed by atoms with van der Waals surface area (Å²) in [6.07, 6.45) is 0. The fraction of sp³-hybridized carbons (Fsp3) is 0.423. The maximum atomic E-state index is 12.9. The lowest BCUT2D eigenvalue weighted by atomic mass is 10.2. The average molecular weight is 496 g/mol. The normalized spacial score (nSPS) is 14.7. The zero-order valence-electron chi connectivity index (χ0n) is 20.5. The minimum Gasteiger partial charge on any atom is -0.489 e. The number of amides is 1. The predicted octanol–water partition coefficient (Wildman–Crippen LogP) is 4.47. The van der Waals surface area contributed by atoms with Crippen molar-refractivity contribution < 1.29 is 14.3 Å². The van der Waals surface area contributed by atoms with Crippen LogP contribution in [0.3, 0.4) is 0 Å². The highest BCUT2D eigenvalue weighted by atomic mass is 32.2. The molecule has 0 saturated carbocycles. The number of aromatic nitrogens is 3. The molecule has 1 N–H and O–H groups in total. The van der Waals surface area contributed by atoms with Crippen molar-refractivity contribution in [3.05, 3.63) is 60.2 Å². The highest BCUT2D eigenvalue weighted by Gasteiger charge is 2.24. The van der Waals surface area contributed by atoms with Gasteiger partial charge in [-0.25, -0.2) is 0 Å². The first-order chi connectivity index (χ1) is 17.0. The number of anilines is 2. The van der Waals surface area contributed by atoms with Gasteiger partial charge in [0, 0.05) is 25.3 Å². The van der Waals surface area contributed by atoms with E-state index < -0.39 is 0 Å². The topological polar surface area (TPSA) is 81.5 Å². The summed E-state index contributed by atoms with van der Waals surface area (Å²) in [6, 6.07) is 17.5. The highest BCUT2D eigenvalue weighted by Crippen LogP contribution is 2.28. The van der Waals surface area contributed by atoms with E-state index in [2.05, 4.69) is 38.8 Å². The van der Waals surface area contributed by atoms with E-state index in [0.717, 1.165) is 47.7 Å². The lowest BCUT2D eigenvalue weighted by Gasteiger charge is -2.28. The van der Waals surface area contributed by atoms with Gasteiger partial charge >= 0.3 is 0 Å². The Morgan fingerprint density at radius 3 is 2.46 bits per heavy atom. The van der Waals surface area contributed by atoms with E-state index in [1.165, 1.54) is 11.8 Å². The number of carbonyl (C=O) groups excluding carboxylic acids is 1. The van der Waals surface area contributed by atoms with Gasteiger partial charge in [0.1, 0.15) is 12.4 Å². The molecule has 0 radical (unpaired) electrons. The fourth-order valence-electron chi connectivity index (χ4n) is 3.72. The van der Waals surface area contributed by atoms with E-state index in [9.17, 15) is 4.79 Å². The van der Waals surface area contributed by atoms with Gasteiger partial charge in [-0.15, -0.1) is 10.2 Å². The van der Waals surface area contributed by atoms with Crippen molar-refractivity contribution in [1.29, 1.82) is 0 Å². The molecule has 0 bridgehead atoms. The molecule has 1 aliphatic heterocycles. The van der Waals surface area contributed by atoms with E-state index in [1.54, 1.807) is 0 Å². The van der Waals surface area contributed by atoms with Gasteiger partial charge in [-0.1, -0.05) is 55.9 Å². The molecule has 9 heteroatoms. The minimum atomic E-state index is -0.336. The van der Waals surface area contributed by atoms with Crippen LogP contribution in [0.15, 0.2) is 59.8 Å². The number of benzene rings is 2. The van der Waals surface area contributed by atoms with Crippen molar-refractivity contribution in [3.63, 3.8) is 0 Å². The van der Waals surface area contributed by atoms with E-state index in [4.69, 9.17) is 9.47 Å². The molecule has 1 fully saturated rings. The van der Waals surface area contributed by atoms with Gasteiger partial charge in [-0.3, -0.25) is 9.36 Å². The maximum absolute atomic E-state index is 12.9. The SMILES string of the molecule is CC(C)Cn1c(SC(C)C(=O)Nc2ccc(OCc3ccccc3)cc2)nnc1N1CCOCC1. The molecule has 35 heavy (non-hydrogen) atoms. The summed E-state index contributed by atoms with van der Waals surface area (Å²) in [5.41, 5.74) is 1.84. The van der Waals surface area contributed by atoms with Gasteiger partial charge in [-0.2, -0.15) is 0 Å². The van der Waals surface area contributed by atoms with Crippen LogP contribution in [-0.4, -0.2) is 52.2 Å². The Morgan fingerprint density at radius 1 is 1.06 bits per heavy atom. The number of nitrogens with one attached hydrogen (secondary N) is 1. The summed E-state index contributed by atoms with van der Waals surface area (Å²) in [5, 5.41) is 12.3. The fourth-order valence-corrected chi connectivity index (χ4v) is 4.57. The molecule has 1 amide bonds. The third kappa shape index (κ3) is 6.99. The number of hydrogen-bond donors (Lipinski definition) is 1. The van der Waals surface area contributed by atoms with Crippen LogP contribution in [0.2, 0.25) is 0 Å². The summed E-state index contributed by atoms with van der Waals surface area (Å²) >= 11 is 1.43. The Labute approximate surface area is 211 Å². The van der Waals surface area contributed by atoms with E-state index in [0.29, 0.717) is 25.7 Å². The van der Waals surface area contributed by atoms with Crippen LogP contribution >= 0.6 is 11.8 Å². The summed E-state index contributed by atoms with van der Waals surface area (Å²) in [4.78, 5) is 15.1. The molecule has 3 aromatic rings. The average Bonchev–Trinajstić information content (AvgIpc) is 3.26. The van der Waals surface area contributed by atoms with E-state index in [-0.39, 0.29) is 11.2 Å². The van der Waals surface area contributed by atoms with Crippen molar-refractivity contribution in [3.8, 4) is 5.75 Å². The lowest BCUT2D eigenvalue weighted by Crippen LogP contribution is -2.38. The highest BCUT2D eigenvalue weighted by molar-refractivity contribution is 8.00. The Kier molecular flexibility index (Phi) is 8.65. The number of ether oxygens (including phenoxy) is 2. The molecule has 2 aromatic carbocycles. The first-order valence-electron chi connectivity index (χ1n) is 12.0. The molecule has 2 heterocycles. The van der Waals surface area contributed by atoms with Crippen molar-refractivity contribution in [1.82, 2.24) is 14.8 Å². The minimum absolute atomic E-state index is 0.0834. The van der Waals surface area contributed by atoms with Crippen LogP contribution < -0.4 is 15.0 Å². The standard InChI is InChI=1S/C26H33N5O3S/c1-19(2)17-31-25(30-13-15-33-16-14-30)28-29-26(31)35-20(3)24(32)27-22-9-11-23(12-10-22)34-18-21-7-5-4-6-8-21/h4-12,19-20H,13-18H2,1-3H3,(H,27,32). The summed E-state index contributed by atoms with van der Waals surface area (Å²) < 4.78 is 13.4. The van der Waals surface area contributed by atoms with Gasteiger partial charge in [0.15, 0.2) is 5.16 Å². The molecule has 1 saturated heterocycles. The largest absolute Gasteiger partial charge is 0.489 e. The van der Waals surface area contributed by atoms with Crippen LogP contribution in [0, 0.1) is 5.92 Å². The molecule has 1 aromatic heterocycles. The van der Waals surface area contributed by atoms with Crippen LogP contribution in [0.1, 0.15) is 26.3 Å². The second kappa shape index (κ2) is 12.1. The summed E-state index contributed by atoms with van der Waals surface area (Å²) in [6.45, 7) is 10.5. The number of hydrogen-bond acceptors (Lipinski definition) is 7. The van der Waals surface area contributed by atoms with Gasteiger partial charge in [0.05, 0.1) is 18.5 Å².